The molecule has 17 heavy (non-hydrogen) atoms. The van der Waals surface area contributed by atoms with Crippen LogP contribution in [0.25, 0.3) is 6.08 Å². The number of phenolic OH excluding ortho intramolecular Hbond substituents is 1. The molecule has 0 bridgehead atoms. The Morgan fingerprint density at radius 1 is 1.47 bits per heavy atom. The summed E-state index contributed by atoms with van der Waals surface area (Å²) in [6.07, 6.45) is 2.81. The number of benzene rings is 1. The molecular formula is C12H13NO4. The molecule has 0 radical (unpaired) electrons. The number of ether oxygens (including phenoxy) is 1. The Morgan fingerprint density at radius 2 is 2.24 bits per heavy atom. The minimum absolute atomic E-state index is 0.127. The normalized spacial score (nSPS) is 10.2. The highest BCUT2D eigenvalue weighted by atomic mass is 16.5. The fourth-order valence-corrected chi connectivity index (χ4v) is 1.09. The van der Waals surface area contributed by atoms with Gasteiger partial charge >= 0.3 is 5.97 Å². The SMILES string of the molecule is COC(=O)CNC(=O)/C=C/c1cccc(O)c1. The van der Waals surface area contributed by atoms with Crippen molar-refractivity contribution < 1.29 is 19.4 Å². The standard InChI is InChI=1S/C12H13NO4/c1-17-12(16)8-13-11(15)6-5-9-3-2-4-10(14)7-9/h2-7,14H,8H2,1H3,(H,13,15)/b6-5+. The number of rotatable bonds is 4. The van der Waals surface area contributed by atoms with Crippen LogP contribution in [0.15, 0.2) is 30.3 Å². The molecule has 1 aromatic carbocycles. The second-order valence-electron chi connectivity index (χ2n) is 3.22. The fraction of sp³-hybridized carbons (Fsp3) is 0.167. The van der Waals surface area contributed by atoms with E-state index in [4.69, 9.17) is 0 Å². The van der Waals surface area contributed by atoms with Gasteiger partial charge in [0.15, 0.2) is 0 Å². The monoisotopic (exact) mass is 235 g/mol. The zero-order chi connectivity index (χ0) is 12.7. The Bertz CT molecular complexity index is 440. The molecule has 5 nitrogen and oxygen atoms in total. The largest absolute Gasteiger partial charge is 0.508 e. The highest BCUT2D eigenvalue weighted by molar-refractivity contribution is 5.93. The average molecular weight is 235 g/mol. The highest BCUT2D eigenvalue weighted by Gasteiger charge is 2.01. The third kappa shape index (κ3) is 4.83. The van der Waals surface area contributed by atoms with Crippen molar-refractivity contribution >= 4 is 18.0 Å². The smallest absolute Gasteiger partial charge is 0.325 e. The predicted octanol–water partition coefficient (Wildman–Crippen LogP) is 0.695. The molecule has 0 aromatic heterocycles. The molecule has 0 heterocycles. The maximum absolute atomic E-state index is 11.3. The number of aromatic hydroxyl groups is 1. The zero-order valence-electron chi connectivity index (χ0n) is 9.34. The molecule has 0 saturated heterocycles. The number of esters is 1. The van der Waals surface area contributed by atoms with E-state index in [-0.39, 0.29) is 12.3 Å². The molecule has 90 valence electrons. The lowest BCUT2D eigenvalue weighted by Gasteiger charge is -1.99. The van der Waals surface area contributed by atoms with Gasteiger partial charge in [-0.15, -0.1) is 0 Å². The number of nitrogens with one attached hydrogen (secondary N) is 1. The Labute approximate surface area is 98.7 Å². The highest BCUT2D eigenvalue weighted by Crippen LogP contribution is 2.11. The van der Waals surface area contributed by atoms with Gasteiger partial charge in [0.2, 0.25) is 5.91 Å². The van der Waals surface area contributed by atoms with Crippen molar-refractivity contribution in [3.8, 4) is 5.75 Å². The van der Waals surface area contributed by atoms with Gasteiger partial charge in [-0.25, -0.2) is 0 Å². The van der Waals surface area contributed by atoms with Crippen LogP contribution in [0.1, 0.15) is 5.56 Å². The van der Waals surface area contributed by atoms with Gasteiger partial charge in [-0.3, -0.25) is 9.59 Å². The van der Waals surface area contributed by atoms with E-state index < -0.39 is 11.9 Å². The summed E-state index contributed by atoms with van der Waals surface area (Å²) in [7, 11) is 1.25. The predicted molar refractivity (Wildman–Crippen MR) is 62.2 cm³/mol. The van der Waals surface area contributed by atoms with Gasteiger partial charge in [-0.2, -0.15) is 0 Å². The maximum Gasteiger partial charge on any atom is 0.325 e. The van der Waals surface area contributed by atoms with Crippen molar-refractivity contribution in [1.29, 1.82) is 0 Å². The first-order valence-corrected chi connectivity index (χ1v) is 4.93. The van der Waals surface area contributed by atoms with Crippen molar-refractivity contribution in [2.24, 2.45) is 0 Å². The number of hydrogen-bond acceptors (Lipinski definition) is 4. The van der Waals surface area contributed by atoms with Crippen LogP contribution in [0.5, 0.6) is 5.75 Å². The number of carbonyl (C=O) groups is 2. The van der Waals surface area contributed by atoms with E-state index in [1.54, 1.807) is 12.1 Å². The van der Waals surface area contributed by atoms with Gasteiger partial charge in [0.05, 0.1) is 7.11 Å². The first-order valence-electron chi connectivity index (χ1n) is 4.93. The van der Waals surface area contributed by atoms with E-state index in [2.05, 4.69) is 10.1 Å². The van der Waals surface area contributed by atoms with Crippen LogP contribution in [-0.2, 0) is 14.3 Å². The minimum atomic E-state index is -0.510. The second-order valence-corrected chi connectivity index (χ2v) is 3.22. The molecule has 2 N–H and O–H groups in total. The lowest BCUT2D eigenvalue weighted by Crippen LogP contribution is -2.28. The van der Waals surface area contributed by atoms with Gasteiger partial charge in [-0.1, -0.05) is 12.1 Å². The molecule has 0 aliphatic rings. The van der Waals surface area contributed by atoms with Gasteiger partial charge in [0.25, 0.3) is 0 Å². The minimum Gasteiger partial charge on any atom is -0.508 e. The third-order valence-electron chi connectivity index (χ3n) is 1.93. The molecule has 0 unspecified atom stereocenters. The summed E-state index contributed by atoms with van der Waals surface area (Å²) in [6, 6.07) is 6.46. The summed E-state index contributed by atoms with van der Waals surface area (Å²) in [5.74, 6) is -0.787. The molecule has 0 aliphatic carbocycles. The quantitative estimate of drug-likeness (QED) is 0.595. The summed E-state index contributed by atoms with van der Waals surface area (Å²) in [4.78, 5) is 22.0. The second kappa shape index (κ2) is 6.32. The number of phenols is 1. The number of methoxy groups -OCH3 is 1. The van der Waals surface area contributed by atoms with Crippen molar-refractivity contribution in [1.82, 2.24) is 5.32 Å². The van der Waals surface area contributed by atoms with E-state index in [1.807, 2.05) is 0 Å². The molecule has 0 atom stereocenters. The Balaban J connectivity index is 2.48. The zero-order valence-corrected chi connectivity index (χ0v) is 9.34. The average Bonchev–Trinajstić information content (AvgIpc) is 2.33. The molecule has 1 rings (SSSR count). The first-order chi connectivity index (χ1) is 8.11. The molecule has 0 spiro atoms. The van der Waals surface area contributed by atoms with Crippen molar-refractivity contribution in [3.05, 3.63) is 35.9 Å². The summed E-state index contributed by atoms with van der Waals surface area (Å²) < 4.78 is 4.37. The van der Waals surface area contributed by atoms with E-state index in [1.165, 1.54) is 31.4 Å². The molecule has 0 aliphatic heterocycles. The maximum atomic E-state index is 11.3. The number of hydrogen-bond donors (Lipinski definition) is 2. The van der Waals surface area contributed by atoms with Gasteiger partial charge in [0.1, 0.15) is 12.3 Å². The fourth-order valence-electron chi connectivity index (χ4n) is 1.09. The lowest BCUT2D eigenvalue weighted by molar-refractivity contribution is -0.140. The van der Waals surface area contributed by atoms with Crippen LogP contribution in [-0.4, -0.2) is 30.6 Å². The van der Waals surface area contributed by atoms with Crippen molar-refractivity contribution in [3.63, 3.8) is 0 Å². The summed E-state index contributed by atoms with van der Waals surface area (Å²) in [5, 5.41) is 11.5. The van der Waals surface area contributed by atoms with Crippen molar-refractivity contribution in [2.45, 2.75) is 0 Å². The number of carbonyl (C=O) groups excluding carboxylic acids is 2. The van der Waals surface area contributed by atoms with Gasteiger partial charge in [0, 0.05) is 6.08 Å². The van der Waals surface area contributed by atoms with Crippen LogP contribution in [0.2, 0.25) is 0 Å². The van der Waals surface area contributed by atoms with Crippen molar-refractivity contribution in [2.75, 3.05) is 13.7 Å². The van der Waals surface area contributed by atoms with Crippen LogP contribution in [0.4, 0.5) is 0 Å². The van der Waals surface area contributed by atoms with E-state index in [9.17, 15) is 14.7 Å². The molecule has 0 saturated carbocycles. The molecule has 1 aromatic rings. The lowest BCUT2D eigenvalue weighted by atomic mass is 10.2. The molecular weight excluding hydrogens is 222 g/mol. The van der Waals surface area contributed by atoms with Crippen LogP contribution in [0.3, 0.4) is 0 Å². The Morgan fingerprint density at radius 3 is 2.88 bits per heavy atom. The van der Waals surface area contributed by atoms with Crippen LogP contribution in [0, 0.1) is 0 Å². The van der Waals surface area contributed by atoms with Gasteiger partial charge < -0.3 is 15.2 Å². The van der Waals surface area contributed by atoms with E-state index in [0.717, 1.165) is 0 Å². The third-order valence-corrected chi connectivity index (χ3v) is 1.93. The summed E-state index contributed by atoms with van der Waals surface area (Å²) in [6.45, 7) is -0.167. The van der Waals surface area contributed by atoms with E-state index >= 15 is 0 Å². The summed E-state index contributed by atoms with van der Waals surface area (Å²) >= 11 is 0. The van der Waals surface area contributed by atoms with Gasteiger partial charge in [-0.05, 0) is 23.8 Å². The first kappa shape index (κ1) is 12.8. The topological polar surface area (TPSA) is 75.6 Å². The number of amides is 1. The van der Waals surface area contributed by atoms with E-state index in [0.29, 0.717) is 5.56 Å². The Kier molecular flexibility index (Phi) is 4.75. The molecule has 0 fully saturated rings. The Hall–Kier alpha value is -2.30. The van der Waals surface area contributed by atoms with Crippen LogP contribution >= 0.6 is 0 Å². The van der Waals surface area contributed by atoms with Crippen LogP contribution < -0.4 is 5.32 Å². The summed E-state index contributed by atoms with van der Waals surface area (Å²) in [5.41, 5.74) is 0.693. The molecule has 5 heteroatoms. The molecule has 1 amide bonds.